The third kappa shape index (κ3) is 4.21. The summed E-state index contributed by atoms with van der Waals surface area (Å²) in [5, 5.41) is 0. The van der Waals surface area contributed by atoms with E-state index < -0.39 is 5.97 Å². The topological polar surface area (TPSA) is 59.8 Å². The highest BCUT2D eigenvalue weighted by Crippen LogP contribution is 2.22. The number of hydrogen-bond donors (Lipinski definition) is 0. The van der Waals surface area contributed by atoms with Gasteiger partial charge in [0.05, 0.1) is 6.26 Å². The molecule has 2 heterocycles. The van der Waals surface area contributed by atoms with E-state index in [1.807, 2.05) is 18.7 Å². The van der Waals surface area contributed by atoms with Crippen molar-refractivity contribution in [1.82, 2.24) is 4.90 Å². The average Bonchev–Trinajstić information content (AvgIpc) is 2.96. The molecule has 0 N–H and O–H groups in total. The van der Waals surface area contributed by atoms with E-state index in [2.05, 4.69) is 0 Å². The van der Waals surface area contributed by atoms with Crippen molar-refractivity contribution in [3.05, 3.63) is 30.2 Å². The highest BCUT2D eigenvalue weighted by atomic mass is 16.5. The van der Waals surface area contributed by atoms with Crippen molar-refractivity contribution >= 4 is 18.0 Å². The van der Waals surface area contributed by atoms with Crippen molar-refractivity contribution in [1.29, 1.82) is 0 Å². The molecule has 0 aliphatic carbocycles. The minimum Gasteiger partial charge on any atom is -0.465 e. The molecule has 1 amide bonds. The van der Waals surface area contributed by atoms with Crippen LogP contribution in [0.15, 0.2) is 28.9 Å². The largest absolute Gasteiger partial charge is 0.465 e. The number of piperidine rings is 1. The monoisotopic (exact) mass is 291 g/mol. The maximum absolute atomic E-state index is 12.2. The molecule has 0 spiro atoms. The summed E-state index contributed by atoms with van der Waals surface area (Å²) in [7, 11) is 0. The van der Waals surface area contributed by atoms with Crippen molar-refractivity contribution < 1.29 is 18.7 Å². The molecular formula is C16H21NO4. The van der Waals surface area contributed by atoms with Crippen LogP contribution in [0.4, 0.5) is 0 Å². The molecule has 0 bridgehead atoms. The maximum atomic E-state index is 12.2. The molecule has 1 aromatic rings. The van der Waals surface area contributed by atoms with Gasteiger partial charge in [0.2, 0.25) is 0 Å². The summed E-state index contributed by atoms with van der Waals surface area (Å²) in [5.74, 6) is -0.108. The highest BCUT2D eigenvalue weighted by Gasteiger charge is 2.29. The predicted octanol–water partition coefficient (Wildman–Crippen LogP) is 2.63. The predicted molar refractivity (Wildman–Crippen MR) is 78.3 cm³/mol. The molecule has 1 aromatic heterocycles. The Kier molecular flexibility index (Phi) is 5.20. The molecule has 114 valence electrons. The molecule has 1 fully saturated rings. The number of furan rings is 1. The number of likely N-dealkylation sites (tertiary alicyclic amines) is 1. The highest BCUT2D eigenvalue weighted by molar-refractivity contribution is 5.89. The van der Waals surface area contributed by atoms with Gasteiger partial charge in [0.15, 0.2) is 6.61 Å². The number of carbonyl (C=O) groups is 2. The van der Waals surface area contributed by atoms with Gasteiger partial charge in [-0.3, -0.25) is 4.79 Å². The Morgan fingerprint density at radius 1 is 1.38 bits per heavy atom. The molecule has 5 nitrogen and oxygen atoms in total. The normalized spacial score (nSPS) is 22.5. The van der Waals surface area contributed by atoms with Crippen molar-refractivity contribution in [3.63, 3.8) is 0 Å². The fourth-order valence-electron chi connectivity index (χ4n) is 2.70. The first-order chi connectivity index (χ1) is 10.1. The third-order valence-corrected chi connectivity index (χ3v) is 3.75. The van der Waals surface area contributed by atoms with Gasteiger partial charge in [-0.15, -0.1) is 0 Å². The zero-order chi connectivity index (χ0) is 15.2. The number of amides is 1. The summed E-state index contributed by atoms with van der Waals surface area (Å²) in [4.78, 5) is 25.6. The minimum absolute atomic E-state index is 0.130. The second kappa shape index (κ2) is 7.11. The van der Waals surface area contributed by atoms with Crippen LogP contribution in [0.25, 0.3) is 6.08 Å². The summed E-state index contributed by atoms with van der Waals surface area (Å²) in [6, 6.07) is 3.87. The van der Waals surface area contributed by atoms with E-state index >= 15 is 0 Å². The van der Waals surface area contributed by atoms with E-state index in [1.165, 1.54) is 18.4 Å². The molecule has 1 saturated heterocycles. The van der Waals surface area contributed by atoms with Gasteiger partial charge in [0.1, 0.15) is 5.76 Å². The van der Waals surface area contributed by atoms with Crippen molar-refractivity contribution in [2.75, 3.05) is 6.61 Å². The summed E-state index contributed by atoms with van der Waals surface area (Å²) in [6.45, 7) is 3.86. The van der Waals surface area contributed by atoms with E-state index in [0.29, 0.717) is 5.76 Å². The number of rotatable bonds is 4. The molecule has 5 heteroatoms. The van der Waals surface area contributed by atoms with Gasteiger partial charge in [-0.2, -0.15) is 0 Å². The summed E-state index contributed by atoms with van der Waals surface area (Å²) in [6.07, 6.45) is 7.43. The lowest BCUT2D eigenvalue weighted by Crippen LogP contribution is -2.49. The van der Waals surface area contributed by atoms with Gasteiger partial charge in [-0.25, -0.2) is 4.79 Å². The van der Waals surface area contributed by atoms with Crippen LogP contribution in [0.5, 0.6) is 0 Å². The molecule has 0 saturated carbocycles. The zero-order valence-corrected chi connectivity index (χ0v) is 12.5. The fourth-order valence-corrected chi connectivity index (χ4v) is 2.70. The zero-order valence-electron chi connectivity index (χ0n) is 12.5. The van der Waals surface area contributed by atoms with Gasteiger partial charge in [0, 0.05) is 18.2 Å². The molecule has 2 rings (SSSR count). The second-order valence-corrected chi connectivity index (χ2v) is 5.39. The van der Waals surface area contributed by atoms with Crippen molar-refractivity contribution in [2.24, 2.45) is 0 Å². The maximum Gasteiger partial charge on any atom is 0.331 e. The van der Waals surface area contributed by atoms with Crippen LogP contribution in [0.2, 0.25) is 0 Å². The molecule has 0 unspecified atom stereocenters. The van der Waals surface area contributed by atoms with Crippen LogP contribution in [0.1, 0.15) is 38.9 Å². The lowest BCUT2D eigenvalue weighted by molar-refractivity contribution is -0.151. The minimum atomic E-state index is -0.544. The Morgan fingerprint density at radius 3 is 2.71 bits per heavy atom. The Bertz CT molecular complexity index is 496. The van der Waals surface area contributed by atoms with Crippen molar-refractivity contribution in [2.45, 2.75) is 45.2 Å². The van der Waals surface area contributed by atoms with Crippen LogP contribution in [0.3, 0.4) is 0 Å². The number of hydrogen-bond acceptors (Lipinski definition) is 4. The Labute approximate surface area is 124 Å². The third-order valence-electron chi connectivity index (χ3n) is 3.75. The van der Waals surface area contributed by atoms with E-state index in [1.54, 1.807) is 12.1 Å². The lowest BCUT2D eigenvalue weighted by Gasteiger charge is -2.38. The molecule has 1 aliphatic heterocycles. The van der Waals surface area contributed by atoms with Gasteiger partial charge < -0.3 is 14.1 Å². The Balaban J connectivity index is 1.81. The SMILES string of the molecule is C[C@@H]1CCC[C@H](C)N1C(=O)COC(=O)/C=C/c1ccco1. The van der Waals surface area contributed by atoms with Gasteiger partial charge in [0.25, 0.3) is 5.91 Å². The summed E-state index contributed by atoms with van der Waals surface area (Å²) >= 11 is 0. The second-order valence-electron chi connectivity index (χ2n) is 5.39. The van der Waals surface area contributed by atoms with E-state index in [-0.39, 0.29) is 24.6 Å². The van der Waals surface area contributed by atoms with Crippen LogP contribution in [-0.2, 0) is 14.3 Å². The van der Waals surface area contributed by atoms with Gasteiger partial charge in [-0.1, -0.05) is 0 Å². The standard InChI is InChI=1S/C16H21NO4/c1-12-5-3-6-13(2)17(12)15(18)11-21-16(19)9-8-14-7-4-10-20-14/h4,7-10,12-13H,3,5-6,11H2,1-2H3/b9-8+/t12-,13+. The van der Waals surface area contributed by atoms with E-state index in [0.717, 1.165) is 19.3 Å². The Hall–Kier alpha value is -2.04. The van der Waals surface area contributed by atoms with Crippen LogP contribution >= 0.6 is 0 Å². The number of ether oxygens (including phenoxy) is 1. The van der Waals surface area contributed by atoms with Crippen LogP contribution in [-0.4, -0.2) is 35.5 Å². The summed E-state index contributed by atoms with van der Waals surface area (Å²) < 4.78 is 10.1. The first-order valence-corrected chi connectivity index (χ1v) is 7.27. The fraction of sp³-hybridized carbons (Fsp3) is 0.500. The quantitative estimate of drug-likeness (QED) is 0.632. The number of nitrogens with zero attached hydrogens (tertiary/aromatic N) is 1. The molecular weight excluding hydrogens is 270 g/mol. The van der Waals surface area contributed by atoms with Gasteiger partial charge in [-0.05, 0) is 51.3 Å². The number of carbonyl (C=O) groups excluding carboxylic acids is 2. The van der Waals surface area contributed by atoms with Crippen LogP contribution in [0, 0.1) is 0 Å². The van der Waals surface area contributed by atoms with Crippen LogP contribution < -0.4 is 0 Å². The van der Waals surface area contributed by atoms with E-state index in [9.17, 15) is 9.59 Å². The molecule has 0 radical (unpaired) electrons. The smallest absolute Gasteiger partial charge is 0.331 e. The first-order valence-electron chi connectivity index (χ1n) is 7.27. The molecule has 2 atom stereocenters. The first kappa shape index (κ1) is 15.4. The molecule has 21 heavy (non-hydrogen) atoms. The molecule has 1 aliphatic rings. The average molecular weight is 291 g/mol. The lowest BCUT2D eigenvalue weighted by atomic mass is 9.97. The van der Waals surface area contributed by atoms with Gasteiger partial charge >= 0.3 is 5.97 Å². The number of esters is 1. The summed E-state index contributed by atoms with van der Waals surface area (Å²) in [5.41, 5.74) is 0. The Morgan fingerprint density at radius 2 is 2.10 bits per heavy atom. The van der Waals surface area contributed by atoms with Crippen molar-refractivity contribution in [3.8, 4) is 0 Å². The molecule has 0 aromatic carbocycles. The van der Waals surface area contributed by atoms with E-state index in [4.69, 9.17) is 9.15 Å².